The van der Waals surface area contributed by atoms with Crippen LogP contribution in [0.1, 0.15) is 43.7 Å². The van der Waals surface area contributed by atoms with Gasteiger partial charge in [0.15, 0.2) is 0 Å². The van der Waals surface area contributed by atoms with Crippen LogP contribution >= 0.6 is 11.6 Å². The molecule has 2 aliphatic rings. The van der Waals surface area contributed by atoms with Crippen LogP contribution in [0.3, 0.4) is 0 Å². The van der Waals surface area contributed by atoms with Gasteiger partial charge >= 0.3 is 0 Å². The van der Waals surface area contributed by atoms with Crippen molar-refractivity contribution in [3.05, 3.63) is 34.6 Å². The van der Waals surface area contributed by atoms with Gasteiger partial charge in [-0.15, -0.1) is 0 Å². The molecule has 0 amide bonds. The van der Waals surface area contributed by atoms with Crippen LogP contribution in [0.2, 0.25) is 5.02 Å². The summed E-state index contributed by atoms with van der Waals surface area (Å²) >= 11 is 6.03. The molecule has 0 aromatic heterocycles. The predicted octanol–water partition coefficient (Wildman–Crippen LogP) is 4.09. The van der Waals surface area contributed by atoms with Gasteiger partial charge in [-0.2, -0.15) is 0 Å². The van der Waals surface area contributed by atoms with E-state index in [0.717, 1.165) is 32.3 Å². The zero-order valence-corrected chi connectivity index (χ0v) is 12.5. The van der Waals surface area contributed by atoms with Crippen LogP contribution in [0.15, 0.2) is 18.2 Å². The standard InChI is InChI=1S/C16H21ClFNO/c1-19-15(13-9-12(17)3-4-14(13)18)11-5-8-20-16(10-11)6-2-7-16/h3-4,9,11,15,19H,2,5-8,10H2,1H3. The molecule has 2 nitrogen and oxygen atoms in total. The highest BCUT2D eigenvalue weighted by Crippen LogP contribution is 2.47. The molecule has 1 aliphatic heterocycles. The summed E-state index contributed by atoms with van der Waals surface area (Å²) in [7, 11) is 1.90. The number of benzene rings is 1. The number of nitrogens with one attached hydrogen (secondary N) is 1. The summed E-state index contributed by atoms with van der Waals surface area (Å²) in [4.78, 5) is 0. The Hall–Kier alpha value is -0.640. The molecule has 1 saturated carbocycles. The molecule has 4 heteroatoms. The molecule has 1 heterocycles. The maximum Gasteiger partial charge on any atom is 0.128 e. The quantitative estimate of drug-likeness (QED) is 0.907. The van der Waals surface area contributed by atoms with Crippen LogP contribution < -0.4 is 5.32 Å². The molecule has 1 aromatic carbocycles. The molecule has 2 fully saturated rings. The number of hydrogen-bond acceptors (Lipinski definition) is 2. The number of hydrogen-bond donors (Lipinski definition) is 1. The first kappa shape index (κ1) is 14.3. The molecule has 110 valence electrons. The first-order chi connectivity index (χ1) is 9.63. The third kappa shape index (κ3) is 2.59. The highest BCUT2D eigenvalue weighted by atomic mass is 35.5. The Morgan fingerprint density at radius 2 is 2.25 bits per heavy atom. The fourth-order valence-corrected chi connectivity index (χ4v) is 3.85. The molecule has 0 bridgehead atoms. The van der Waals surface area contributed by atoms with Crippen molar-refractivity contribution in [2.24, 2.45) is 5.92 Å². The van der Waals surface area contributed by atoms with Crippen LogP contribution in [0.5, 0.6) is 0 Å². The molecule has 1 spiro atoms. The van der Waals surface area contributed by atoms with Crippen LogP contribution in [0.4, 0.5) is 4.39 Å². The molecule has 2 unspecified atom stereocenters. The van der Waals surface area contributed by atoms with Crippen molar-refractivity contribution in [3.63, 3.8) is 0 Å². The topological polar surface area (TPSA) is 21.3 Å². The second-order valence-corrected chi connectivity index (χ2v) is 6.51. The average molecular weight is 298 g/mol. The molecule has 1 saturated heterocycles. The molecule has 1 aromatic rings. The second-order valence-electron chi connectivity index (χ2n) is 6.07. The van der Waals surface area contributed by atoms with Crippen LogP contribution in [-0.2, 0) is 4.74 Å². The minimum atomic E-state index is -0.178. The van der Waals surface area contributed by atoms with Gasteiger partial charge in [0.2, 0.25) is 0 Å². The minimum Gasteiger partial charge on any atom is -0.375 e. The van der Waals surface area contributed by atoms with Crippen molar-refractivity contribution in [3.8, 4) is 0 Å². The Labute approximate surface area is 124 Å². The zero-order valence-electron chi connectivity index (χ0n) is 11.8. The SMILES string of the molecule is CNC(c1cc(Cl)ccc1F)C1CCOC2(CCC2)C1. The minimum absolute atomic E-state index is 0.00933. The molecule has 0 radical (unpaired) electrons. The molecular formula is C16H21ClFNO. The normalized spacial score (nSPS) is 26.2. The van der Waals surface area contributed by atoms with Crippen molar-refractivity contribution in [2.75, 3.05) is 13.7 Å². The lowest BCUT2D eigenvalue weighted by Gasteiger charge is -2.48. The van der Waals surface area contributed by atoms with Crippen LogP contribution in [0.25, 0.3) is 0 Å². The molecular weight excluding hydrogens is 277 g/mol. The Bertz CT molecular complexity index is 489. The smallest absolute Gasteiger partial charge is 0.128 e. The maximum absolute atomic E-state index is 14.1. The van der Waals surface area contributed by atoms with E-state index in [2.05, 4.69) is 5.32 Å². The van der Waals surface area contributed by atoms with Crippen molar-refractivity contribution in [2.45, 2.75) is 43.7 Å². The Kier molecular flexibility index (Phi) is 4.02. The van der Waals surface area contributed by atoms with E-state index in [4.69, 9.17) is 16.3 Å². The summed E-state index contributed by atoms with van der Waals surface area (Å²) in [6.45, 7) is 0.783. The highest BCUT2D eigenvalue weighted by Gasteiger charge is 2.44. The van der Waals surface area contributed by atoms with Crippen molar-refractivity contribution in [1.82, 2.24) is 5.32 Å². The maximum atomic E-state index is 14.1. The summed E-state index contributed by atoms with van der Waals surface area (Å²) in [6, 6.07) is 4.82. The number of rotatable bonds is 3. The highest BCUT2D eigenvalue weighted by molar-refractivity contribution is 6.30. The Morgan fingerprint density at radius 1 is 1.45 bits per heavy atom. The van der Waals surface area contributed by atoms with E-state index in [1.165, 1.54) is 12.5 Å². The monoisotopic (exact) mass is 297 g/mol. The van der Waals surface area contributed by atoms with Gasteiger partial charge < -0.3 is 10.1 Å². The van der Waals surface area contributed by atoms with Gasteiger partial charge in [-0.3, -0.25) is 0 Å². The van der Waals surface area contributed by atoms with Gasteiger partial charge in [0.25, 0.3) is 0 Å². The number of ether oxygens (including phenoxy) is 1. The van der Waals surface area contributed by atoms with E-state index in [1.54, 1.807) is 12.1 Å². The predicted molar refractivity (Wildman–Crippen MR) is 78.5 cm³/mol. The fourth-order valence-electron chi connectivity index (χ4n) is 3.67. The van der Waals surface area contributed by atoms with Crippen molar-refractivity contribution in [1.29, 1.82) is 0 Å². The lowest BCUT2D eigenvalue weighted by molar-refractivity contribution is -0.147. The van der Waals surface area contributed by atoms with Crippen LogP contribution in [-0.4, -0.2) is 19.3 Å². The zero-order chi connectivity index (χ0) is 14.2. The fraction of sp³-hybridized carbons (Fsp3) is 0.625. The summed E-state index contributed by atoms with van der Waals surface area (Å²) in [5, 5.41) is 3.88. The van der Waals surface area contributed by atoms with E-state index < -0.39 is 0 Å². The number of halogens is 2. The van der Waals surface area contributed by atoms with Gasteiger partial charge in [-0.25, -0.2) is 4.39 Å². The van der Waals surface area contributed by atoms with E-state index in [0.29, 0.717) is 16.5 Å². The first-order valence-corrected chi connectivity index (χ1v) is 7.77. The molecule has 3 rings (SSSR count). The summed E-state index contributed by atoms with van der Waals surface area (Å²) in [5.41, 5.74) is 0.758. The Balaban J connectivity index is 1.83. The van der Waals surface area contributed by atoms with Crippen molar-refractivity contribution >= 4 is 11.6 Å². The van der Waals surface area contributed by atoms with E-state index in [1.807, 2.05) is 7.05 Å². The lowest BCUT2D eigenvalue weighted by Crippen LogP contribution is -2.47. The van der Waals surface area contributed by atoms with Gasteiger partial charge in [0, 0.05) is 23.2 Å². The lowest BCUT2D eigenvalue weighted by atomic mass is 9.69. The molecule has 1 aliphatic carbocycles. The van der Waals surface area contributed by atoms with Gasteiger partial charge in [-0.05, 0) is 63.3 Å². The third-order valence-corrected chi connectivity index (χ3v) is 5.11. The Morgan fingerprint density at radius 3 is 2.90 bits per heavy atom. The molecule has 20 heavy (non-hydrogen) atoms. The first-order valence-electron chi connectivity index (χ1n) is 7.40. The second kappa shape index (κ2) is 5.63. The van der Waals surface area contributed by atoms with E-state index in [9.17, 15) is 4.39 Å². The van der Waals surface area contributed by atoms with Crippen LogP contribution in [0, 0.1) is 11.7 Å². The van der Waals surface area contributed by atoms with Gasteiger partial charge in [0.05, 0.1) is 5.60 Å². The average Bonchev–Trinajstić information content (AvgIpc) is 2.42. The summed E-state index contributed by atoms with van der Waals surface area (Å²) in [5.74, 6) is 0.227. The molecule has 1 N–H and O–H groups in total. The third-order valence-electron chi connectivity index (χ3n) is 4.87. The van der Waals surface area contributed by atoms with Crippen molar-refractivity contribution < 1.29 is 9.13 Å². The largest absolute Gasteiger partial charge is 0.375 e. The van der Waals surface area contributed by atoms with E-state index >= 15 is 0 Å². The van der Waals surface area contributed by atoms with E-state index in [-0.39, 0.29) is 17.5 Å². The van der Waals surface area contributed by atoms with Gasteiger partial charge in [0.1, 0.15) is 5.82 Å². The molecule has 2 atom stereocenters. The summed E-state index contributed by atoms with van der Waals surface area (Å²) < 4.78 is 20.1. The summed E-state index contributed by atoms with van der Waals surface area (Å²) in [6.07, 6.45) is 5.54. The van der Waals surface area contributed by atoms with Gasteiger partial charge in [-0.1, -0.05) is 11.6 Å².